The zero-order valence-corrected chi connectivity index (χ0v) is 5.91. The van der Waals surface area contributed by atoms with Crippen LogP contribution in [0.4, 0.5) is 0 Å². The van der Waals surface area contributed by atoms with E-state index >= 15 is 0 Å². The molecule has 0 saturated heterocycles. The molecule has 9 heavy (non-hydrogen) atoms. The molecule has 0 aromatic heterocycles. The van der Waals surface area contributed by atoms with E-state index in [-0.39, 0.29) is 6.04 Å². The van der Waals surface area contributed by atoms with E-state index in [0.717, 1.165) is 0 Å². The number of rotatable bonds is 3. The van der Waals surface area contributed by atoms with E-state index in [1.165, 1.54) is 6.92 Å². The van der Waals surface area contributed by atoms with Crippen LogP contribution < -0.4 is 5.73 Å². The molecule has 0 aliphatic carbocycles. The molecule has 0 radical (unpaired) electrons. The van der Waals surface area contributed by atoms with Gasteiger partial charge in [0.1, 0.15) is 0 Å². The van der Waals surface area contributed by atoms with E-state index in [1.807, 2.05) is 6.92 Å². The summed E-state index contributed by atoms with van der Waals surface area (Å²) in [5, 5.41) is 17.8. The smallest absolute Gasteiger partial charge is 0.0946 e. The Hall–Kier alpha value is -0.120. The molecule has 0 rings (SSSR count). The molecule has 3 atom stereocenters. The zero-order chi connectivity index (χ0) is 7.44. The van der Waals surface area contributed by atoms with Crippen LogP contribution in [0.15, 0.2) is 0 Å². The average molecular weight is 133 g/mol. The predicted octanol–water partition coefficient (Wildman–Crippen LogP) is -0.535. The first-order valence-corrected chi connectivity index (χ1v) is 3.21. The SMILES string of the molecule is CC[C@H](N)C(O)C(C)O. The van der Waals surface area contributed by atoms with Crippen LogP contribution in [0.5, 0.6) is 0 Å². The minimum atomic E-state index is -0.782. The maximum absolute atomic E-state index is 9.02. The van der Waals surface area contributed by atoms with Crippen LogP contribution >= 0.6 is 0 Å². The van der Waals surface area contributed by atoms with Crippen molar-refractivity contribution in [1.29, 1.82) is 0 Å². The van der Waals surface area contributed by atoms with E-state index < -0.39 is 12.2 Å². The second-order valence-electron chi connectivity index (χ2n) is 2.30. The Kier molecular flexibility index (Phi) is 3.77. The first-order chi connectivity index (χ1) is 4.09. The van der Waals surface area contributed by atoms with Gasteiger partial charge in [0.15, 0.2) is 0 Å². The highest BCUT2D eigenvalue weighted by Gasteiger charge is 2.17. The molecule has 0 spiro atoms. The van der Waals surface area contributed by atoms with E-state index in [0.29, 0.717) is 6.42 Å². The van der Waals surface area contributed by atoms with Crippen molar-refractivity contribution in [2.75, 3.05) is 0 Å². The largest absolute Gasteiger partial charge is 0.391 e. The van der Waals surface area contributed by atoms with Gasteiger partial charge < -0.3 is 15.9 Å². The first-order valence-electron chi connectivity index (χ1n) is 3.21. The standard InChI is InChI=1S/C6H15NO2/c1-3-5(7)6(9)4(2)8/h4-6,8-9H,3,7H2,1-2H3/t4?,5-,6?/m0/s1. The maximum Gasteiger partial charge on any atom is 0.0946 e. The fraction of sp³-hybridized carbons (Fsp3) is 1.00. The minimum absolute atomic E-state index is 0.301. The molecule has 0 aromatic rings. The van der Waals surface area contributed by atoms with Gasteiger partial charge in [-0.1, -0.05) is 6.92 Å². The molecule has 0 aliphatic heterocycles. The normalized spacial score (nSPS) is 21.0. The van der Waals surface area contributed by atoms with Crippen molar-refractivity contribution in [2.45, 2.75) is 38.5 Å². The van der Waals surface area contributed by atoms with Crippen molar-refractivity contribution in [3.8, 4) is 0 Å². The molecule has 0 fully saturated rings. The molecule has 0 aromatic carbocycles. The summed E-state index contributed by atoms with van der Waals surface area (Å²) in [7, 11) is 0. The highest BCUT2D eigenvalue weighted by molar-refractivity contribution is 4.73. The van der Waals surface area contributed by atoms with Gasteiger partial charge in [-0.25, -0.2) is 0 Å². The fourth-order valence-electron chi connectivity index (χ4n) is 0.599. The summed E-state index contributed by atoms with van der Waals surface area (Å²) in [5.74, 6) is 0. The Morgan fingerprint density at radius 2 is 1.89 bits per heavy atom. The lowest BCUT2D eigenvalue weighted by atomic mass is 10.1. The third kappa shape index (κ3) is 2.79. The van der Waals surface area contributed by atoms with Crippen molar-refractivity contribution in [3.63, 3.8) is 0 Å². The lowest BCUT2D eigenvalue weighted by Crippen LogP contribution is -2.41. The third-order valence-electron chi connectivity index (χ3n) is 1.40. The summed E-state index contributed by atoms with van der Waals surface area (Å²) < 4.78 is 0. The van der Waals surface area contributed by atoms with Gasteiger partial charge in [-0.05, 0) is 13.3 Å². The molecule has 0 aliphatic rings. The second-order valence-corrected chi connectivity index (χ2v) is 2.30. The lowest BCUT2D eigenvalue weighted by molar-refractivity contribution is 0.0145. The van der Waals surface area contributed by atoms with Crippen molar-refractivity contribution >= 4 is 0 Å². The van der Waals surface area contributed by atoms with E-state index in [9.17, 15) is 0 Å². The number of aliphatic hydroxyl groups excluding tert-OH is 2. The Bertz CT molecular complexity index is 75.5. The average Bonchev–Trinajstić information content (AvgIpc) is 1.84. The summed E-state index contributed by atoms with van der Waals surface area (Å²) in [6.07, 6.45) is -0.818. The van der Waals surface area contributed by atoms with Gasteiger partial charge in [0.05, 0.1) is 12.2 Å². The molecule has 4 N–H and O–H groups in total. The zero-order valence-electron chi connectivity index (χ0n) is 5.91. The lowest BCUT2D eigenvalue weighted by Gasteiger charge is -2.19. The Morgan fingerprint density at radius 1 is 1.44 bits per heavy atom. The number of nitrogens with two attached hydrogens (primary N) is 1. The molecular weight excluding hydrogens is 118 g/mol. The van der Waals surface area contributed by atoms with Gasteiger partial charge >= 0.3 is 0 Å². The fourth-order valence-corrected chi connectivity index (χ4v) is 0.599. The van der Waals surface area contributed by atoms with Gasteiger partial charge in [0.2, 0.25) is 0 Å². The molecule has 0 saturated carbocycles. The van der Waals surface area contributed by atoms with Crippen LogP contribution in [0.25, 0.3) is 0 Å². The van der Waals surface area contributed by atoms with Gasteiger partial charge in [-0.3, -0.25) is 0 Å². The monoisotopic (exact) mass is 133 g/mol. The van der Waals surface area contributed by atoms with Crippen molar-refractivity contribution in [1.82, 2.24) is 0 Å². The van der Waals surface area contributed by atoms with Crippen molar-refractivity contribution < 1.29 is 10.2 Å². The van der Waals surface area contributed by atoms with Crippen LogP contribution in [0.2, 0.25) is 0 Å². The molecule has 0 bridgehead atoms. The van der Waals surface area contributed by atoms with Crippen molar-refractivity contribution in [3.05, 3.63) is 0 Å². The highest BCUT2D eigenvalue weighted by Crippen LogP contribution is 1.99. The highest BCUT2D eigenvalue weighted by atomic mass is 16.3. The molecule has 0 heterocycles. The van der Waals surface area contributed by atoms with E-state index in [2.05, 4.69) is 0 Å². The second kappa shape index (κ2) is 3.82. The Morgan fingerprint density at radius 3 is 2.00 bits per heavy atom. The molecule has 0 amide bonds. The van der Waals surface area contributed by atoms with E-state index in [1.54, 1.807) is 0 Å². The molecule has 56 valence electrons. The van der Waals surface area contributed by atoms with Crippen LogP contribution in [0.1, 0.15) is 20.3 Å². The van der Waals surface area contributed by atoms with Crippen LogP contribution in [0, 0.1) is 0 Å². The quantitative estimate of drug-likeness (QED) is 0.484. The van der Waals surface area contributed by atoms with E-state index in [4.69, 9.17) is 15.9 Å². The molecule has 3 nitrogen and oxygen atoms in total. The molecule has 2 unspecified atom stereocenters. The van der Waals surface area contributed by atoms with Crippen LogP contribution in [0.3, 0.4) is 0 Å². The number of aliphatic hydroxyl groups is 2. The molecule has 3 heteroatoms. The van der Waals surface area contributed by atoms with Crippen molar-refractivity contribution in [2.24, 2.45) is 5.73 Å². The topological polar surface area (TPSA) is 66.5 Å². The molecular formula is C6H15NO2. The summed E-state index contributed by atoms with van der Waals surface area (Å²) in [5.41, 5.74) is 5.41. The summed E-state index contributed by atoms with van der Waals surface area (Å²) in [6.45, 7) is 3.40. The Balaban J connectivity index is 3.58. The van der Waals surface area contributed by atoms with Crippen LogP contribution in [-0.2, 0) is 0 Å². The summed E-state index contributed by atoms with van der Waals surface area (Å²) in [6, 6.07) is -0.301. The maximum atomic E-state index is 9.02. The summed E-state index contributed by atoms with van der Waals surface area (Å²) >= 11 is 0. The number of hydrogen-bond donors (Lipinski definition) is 3. The minimum Gasteiger partial charge on any atom is -0.391 e. The summed E-state index contributed by atoms with van der Waals surface area (Å²) in [4.78, 5) is 0. The first kappa shape index (κ1) is 8.88. The van der Waals surface area contributed by atoms with Crippen LogP contribution in [-0.4, -0.2) is 28.5 Å². The number of hydrogen-bond acceptors (Lipinski definition) is 3. The van der Waals surface area contributed by atoms with Gasteiger partial charge in [0, 0.05) is 6.04 Å². The van der Waals surface area contributed by atoms with Gasteiger partial charge in [-0.2, -0.15) is 0 Å². The van der Waals surface area contributed by atoms with Gasteiger partial charge in [-0.15, -0.1) is 0 Å². The van der Waals surface area contributed by atoms with Gasteiger partial charge in [0.25, 0.3) is 0 Å². The Labute approximate surface area is 55.5 Å². The predicted molar refractivity (Wildman–Crippen MR) is 36.0 cm³/mol. The third-order valence-corrected chi connectivity index (χ3v) is 1.40.